The van der Waals surface area contributed by atoms with E-state index in [9.17, 15) is 4.79 Å². The van der Waals surface area contributed by atoms with Crippen LogP contribution in [-0.2, 0) is 13.6 Å². The molecule has 196 valence electrons. The van der Waals surface area contributed by atoms with Gasteiger partial charge in [0.2, 0.25) is 0 Å². The molecule has 3 rings (SSSR count). The maximum atomic E-state index is 12.2. The summed E-state index contributed by atoms with van der Waals surface area (Å²) in [6.07, 6.45) is 5.28. The molecule has 1 fully saturated rings. The van der Waals surface area contributed by atoms with Gasteiger partial charge >= 0.3 is 0 Å². The number of ether oxygens (including phenoxy) is 1. The monoisotopic (exact) mass is 520 g/mol. The van der Waals surface area contributed by atoms with Crippen molar-refractivity contribution in [2.24, 2.45) is 0 Å². The van der Waals surface area contributed by atoms with E-state index in [1.807, 2.05) is 10.6 Å². The fourth-order valence-corrected chi connectivity index (χ4v) is 6.56. The first-order chi connectivity index (χ1) is 16.0. The summed E-state index contributed by atoms with van der Waals surface area (Å²) in [4.78, 5) is 23.5. The fraction of sp³-hybridized carbons (Fsp3) is 0.720. The summed E-state index contributed by atoms with van der Waals surface area (Å²) in [5, 5.41) is 0.117. The molecule has 35 heavy (non-hydrogen) atoms. The van der Waals surface area contributed by atoms with E-state index in [0.717, 1.165) is 0 Å². The van der Waals surface area contributed by atoms with E-state index in [1.54, 1.807) is 6.33 Å². The molecule has 2 aromatic heterocycles. The summed E-state index contributed by atoms with van der Waals surface area (Å²) in [6, 6.07) is 0. The van der Waals surface area contributed by atoms with Crippen LogP contribution in [0.1, 0.15) is 60.6 Å². The first kappa shape index (κ1) is 28.0. The molecule has 0 saturated carbocycles. The molecule has 2 aromatic rings. The minimum atomic E-state index is -2.10. The second-order valence-corrected chi connectivity index (χ2v) is 22.2. The van der Waals surface area contributed by atoms with Crippen LogP contribution in [0, 0.1) is 0 Å². The first-order valence-corrected chi connectivity index (χ1v) is 18.3. The molecule has 0 aromatic carbocycles. The van der Waals surface area contributed by atoms with Crippen LogP contribution in [0.4, 0.5) is 0 Å². The second kappa shape index (κ2) is 9.70. The average Bonchev–Trinajstić information content (AvgIpc) is 3.30. The van der Waals surface area contributed by atoms with E-state index in [1.165, 1.54) is 6.33 Å². The third kappa shape index (κ3) is 5.71. The summed E-state index contributed by atoms with van der Waals surface area (Å²) >= 11 is 0. The van der Waals surface area contributed by atoms with Crippen molar-refractivity contribution in [3.8, 4) is 0 Å². The number of nitrogens with zero attached hydrogens (tertiary/aromatic N) is 3. The molecule has 0 aliphatic carbocycles. The van der Waals surface area contributed by atoms with E-state index in [-0.39, 0.29) is 40.2 Å². The smallest absolute Gasteiger partial charge is 0.278 e. The molecule has 8 nitrogen and oxygen atoms in total. The van der Waals surface area contributed by atoms with Gasteiger partial charge in [0.05, 0.1) is 24.9 Å². The highest BCUT2D eigenvalue weighted by molar-refractivity contribution is 6.74. The Morgan fingerprint density at radius 1 is 1.17 bits per heavy atom. The van der Waals surface area contributed by atoms with Gasteiger partial charge in [-0.15, -0.1) is 6.58 Å². The van der Waals surface area contributed by atoms with Crippen LogP contribution in [0.25, 0.3) is 11.2 Å². The van der Waals surface area contributed by atoms with Gasteiger partial charge in [0.15, 0.2) is 27.8 Å². The maximum Gasteiger partial charge on any atom is 0.278 e. The second-order valence-electron chi connectivity index (χ2n) is 12.7. The SMILES string of the molecule is C=CCC(O[Si](C)(C)C(C)(C)C)[C@H]1O[C@@H](n2cnc3c(=O)[nH]cnc32)C[C@@H]1O[Si](C)(C)C(C)(C)C. The fourth-order valence-electron chi connectivity index (χ4n) is 3.88. The van der Waals surface area contributed by atoms with Crippen molar-refractivity contribution in [1.82, 2.24) is 19.5 Å². The summed E-state index contributed by atoms with van der Waals surface area (Å²) < 4.78 is 22.4. The zero-order chi connectivity index (χ0) is 26.4. The molecule has 0 amide bonds. The Labute approximate surface area is 211 Å². The average molecular weight is 521 g/mol. The lowest BCUT2D eigenvalue weighted by molar-refractivity contribution is -0.0731. The minimum Gasteiger partial charge on any atom is -0.411 e. The van der Waals surface area contributed by atoms with Crippen LogP contribution >= 0.6 is 0 Å². The summed E-state index contributed by atoms with van der Waals surface area (Å²) in [6.45, 7) is 26.5. The van der Waals surface area contributed by atoms with Crippen molar-refractivity contribution in [3.63, 3.8) is 0 Å². The molecular formula is C25H44N4O4Si2. The highest BCUT2D eigenvalue weighted by atomic mass is 28.4. The normalized spacial score (nSPS) is 23.1. The highest BCUT2D eigenvalue weighted by Gasteiger charge is 2.49. The largest absolute Gasteiger partial charge is 0.411 e. The Bertz CT molecular complexity index is 1100. The molecule has 1 aliphatic rings. The van der Waals surface area contributed by atoms with Crippen molar-refractivity contribution in [3.05, 3.63) is 35.7 Å². The molecule has 4 atom stereocenters. The maximum absolute atomic E-state index is 12.2. The number of nitrogens with one attached hydrogen (secondary N) is 1. The van der Waals surface area contributed by atoms with Crippen molar-refractivity contribution < 1.29 is 13.6 Å². The van der Waals surface area contributed by atoms with E-state index < -0.39 is 16.6 Å². The molecule has 1 N–H and O–H groups in total. The van der Waals surface area contributed by atoms with Crippen molar-refractivity contribution in [2.75, 3.05) is 0 Å². The van der Waals surface area contributed by atoms with Crippen molar-refractivity contribution in [2.45, 2.75) is 115 Å². The van der Waals surface area contributed by atoms with Gasteiger partial charge < -0.3 is 18.6 Å². The van der Waals surface area contributed by atoms with E-state index >= 15 is 0 Å². The van der Waals surface area contributed by atoms with Gasteiger partial charge in [-0.25, -0.2) is 9.97 Å². The van der Waals surface area contributed by atoms with Crippen LogP contribution in [0.5, 0.6) is 0 Å². The van der Waals surface area contributed by atoms with Crippen LogP contribution in [0.15, 0.2) is 30.1 Å². The Kier molecular flexibility index (Phi) is 7.75. The Morgan fingerprint density at radius 2 is 1.80 bits per heavy atom. The lowest BCUT2D eigenvalue weighted by atomic mass is 10.1. The number of aromatic amines is 1. The van der Waals surface area contributed by atoms with E-state index in [2.05, 4.69) is 89.3 Å². The molecule has 1 unspecified atom stereocenters. The first-order valence-electron chi connectivity index (χ1n) is 12.5. The van der Waals surface area contributed by atoms with Crippen molar-refractivity contribution in [1.29, 1.82) is 0 Å². The molecule has 0 spiro atoms. The van der Waals surface area contributed by atoms with Gasteiger partial charge in [0.25, 0.3) is 5.56 Å². The van der Waals surface area contributed by atoms with Gasteiger partial charge in [0.1, 0.15) is 12.3 Å². The zero-order valence-corrected chi connectivity index (χ0v) is 25.1. The number of fused-ring (bicyclic) bond motifs is 1. The lowest BCUT2D eigenvalue weighted by Gasteiger charge is -2.43. The Balaban J connectivity index is 2.01. The van der Waals surface area contributed by atoms with Gasteiger partial charge in [-0.05, 0) is 42.7 Å². The molecule has 3 heterocycles. The van der Waals surface area contributed by atoms with E-state index in [0.29, 0.717) is 24.0 Å². The van der Waals surface area contributed by atoms with Gasteiger partial charge in [-0.2, -0.15) is 0 Å². The number of hydrogen-bond acceptors (Lipinski definition) is 6. The van der Waals surface area contributed by atoms with Gasteiger partial charge in [0, 0.05) is 6.42 Å². The van der Waals surface area contributed by atoms with E-state index in [4.69, 9.17) is 13.6 Å². The lowest BCUT2D eigenvalue weighted by Crippen LogP contribution is -2.52. The number of rotatable bonds is 8. The molecule has 0 radical (unpaired) electrons. The highest BCUT2D eigenvalue weighted by Crippen LogP contribution is 2.44. The quantitative estimate of drug-likeness (QED) is 0.351. The third-order valence-electron chi connectivity index (χ3n) is 8.06. The van der Waals surface area contributed by atoms with Crippen LogP contribution < -0.4 is 5.56 Å². The summed E-state index contributed by atoms with van der Waals surface area (Å²) in [7, 11) is -4.18. The number of H-pyrrole nitrogens is 1. The molecule has 0 bridgehead atoms. The molecule has 1 saturated heterocycles. The van der Waals surface area contributed by atoms with Crippen LogP contribution in [0.3, 0.4) is 0 Å². The molecule has 1 aliphatic heterocycles. The van der Waals surface area contributed by atoms with Crippen LogP contribution in [-0.4, -0.2) is 54.5 Å². The Hall–Kier alpha value is -1.60. The Morgan fingerprint density at radius 3 is 2.37 bits per heavy atom. The standard InChI is InChI=1S/C25H44N4O4Si2/c1-12-13-17(32-34(8,9)24(2,3)4)21-18(33-35(10,11)25(5,6)7)14-19(31-21)29-16-28-20-22(29)26-15-27-23(20)30/h12,15-19,21H,1,13-14H2,2-11H3,(H,26,27,30)/t17?,18-,19+,21+/m0/s1. The predicted octanol–water partition coefficient (Wildman–Crippen LogP) is 5.76. The van der Waals surface area contributed by atoms with Gasteiger partial charge in [-0.3, -0.25) is 9.36 Å². The third-order valence-corrected chi connectivity index (χ3v) is 17.1. The van der Waals surface area contributed by atoms with Crippen molar-refractivity contribution >= 4 is 27.8 Å². The topological polar surface area (TPSA) is 91.3 Å². The van der Waals surface area contributed by atoms with Gasteiger partial charge in [-0.1, -0.05) is 47.6 Å². The summed E-state index contributed by atoms with van der Waals surface area (Å²) in [5.74, 6) is 0. The minimum absolute atomic E-state index is 0.0560. The number of hydrogen-bond donors (Lipinski definition) is 1. The van der Waals surface area contributed by atoms with Crippen LogP contribution in [0.2, 0.25) is 36.3 Å². The number of aromatic nitrogens is 4. The number of imidazole rings is 1. The molecule has 10 heteroatoms. The summed E-state index contributed by atoms with van der Waals surface area (Å²) in [5.41, 5.74) is 0.556. The molecular weight excluding hydrogens is 476 g/mol. The predicted molar refractivity (Wildman–Crippen MR) is 146 cm³/mol. The zero-order valence-electron chi connectivity index (χ0n) is 23.1.